The molecule has 52 heavy (non-hydrogen) atoms. The Morgan fingerprint density at radius 3 is 1.69 bits per heavy atom. The largest absolute Gasteiger partial charge is 0.463 e. The van der Waals surface area contributed by atoms with Crippen molar-refractivity contribution in [2.45, 2.75) is 0 Å². The molecular formula is C50H30O2. The molecule has 0 saturated carbocycles. The maximum absolute atomic E-state index is 9.28. The zero-order chi connectivity index (χ0) is 41.1. The van der Waals surface area contributed by atoms with Crippen LogP contribution in [0.1, 0.15) is 11.0 Å². The summed E-state index contributed by atoms with van der Waals surface area (Å²) in [6.07, 6.45) is 1.80. The highest BCUT2D eigenvalue weighted by molar-refractivity contribution is 6.26. The summed E-state index contributed by atoms with van der Waals surface area (Å²) < 4.78 is 84.9. The number of rotatable bonds is 4. The topological polar surface area (TPSA) is 26.3 Å². The van der Waals surface area contributed by atoms with E-state index < -0.39 is 24.2 Å². The molecule has 0 saturated heterocycles. The van der Waals surface area contributed by atoms with E-state index in [0.29, 0.717) is 33.4 Å². The van der Waals surface area contributed by atoms with Crippen molar-refractivity contribution >= 4 is 65.2 Å². The predicted molar refractivity (Wildman–Crippen MR) is 218 cm³/mol. The van der Waals surface area contributed by atoms with Gasteiger partial charge in [0.1, 0.15) is 16.7 Å². The summed E-state index contributed by atoms with van der Waals surface area (Å²) in [7, 11) is 0. The van der Waals surface area contributed by atoms with Crippen molar-refractivity contribution in [1.29, 1.82) is 0 Å². The van der Waals surface area contributed by atoms with Crippen molar-refractivity contribution < 1.29 is 19.8 Å². The predicted octanol–water partition coefficient (Wildman–Crippen LogP) is 14.5. The lowest BCUT2D eigenvalue weighted by atomic mass is 9.85. The normalized spacial score (nSPS) is 14.0. The number of hydrogen-bond donors (Lipinski definition) is 0. The second-order valence-corrected chi connectivity index (χ2v) is 13.0. The number of furan rings is 2. The molecule has 242 valence electrons. The van der Waals surface area contributed by atoms with Crippen LogP contribution in [0.5, 0.6) is 0 Å². The number of para-hydroxylation sites is 1. The van der Waals surface area contributed by atoms with Gasteiger partial charge in [0.2, 0.25) is 0 Å². The lowest BCUT2D eigenvalue weighted by molar-refractivity contribution is 0.617. The van der Waals surface area contributed by atoms with E-state index in [4.69, 9.17) is 14.3 Å². The first-order valence-electron chi connectivity index (χ1n) is 21.1. The number of benzene rings is 9. The Morgan fingerprint density at radius 2 is 0.981 bits per heavy atom. The lowest BCUT2D eigenvalue weighted by Gasteiger charge is -2.18. The molecule has 0 aliphatic carbocycles. The number of hydrogen-bond acceptors (Lipinski definition) is 2. The molecule has 0 atom stereocenters. The van der Waals surface area contributed by atoms with E-state index in [2.05, 4.69) is 30.3 Å². The fourth-order valence-corrected chi connectivity index (χ4v) is 7.92. The summed E-state index contributed by atoms with van der Waals surface area (Å²) in [5.41, 5.74) is 7.29. The second-order valence-electron chi connectivity index (χ2n) is 13.0. The third-order valence-electron chi connectivity index (χ3n) is 10.2. The molecule has 0 aliphatic rings. The smallest absolute Gasteiger partial charge is 0.143 e. The van der Waals surface area contributed by atoms with Crippen LogP contribution in [0.4, 0.5) is 0 Å². The third-order valence-corrected chi connectivity index (χ3v) is 10.2. The monoisotopic (exact) mass is 670 g/mol. The SMILES string of the molecule is [2H]c1c([2H])c([2H])c2c(-c3ccc(-c4cc5oc6ccccc6c5c5c(-c6cccc7ccccc67)coc45)cc3)c3c([2H])c([2H])c([2H])c([2H])c3c(-c3ccccc3)c2c1[2H]. The van der Waals surface area contributed by atoms with Gasteiger partial charge in [-0.25, -0.2) is 0 Å². The van der Waals surface area contributed by atoms with Crippen LogP contribution in [0.2, 0.25) is 0 Å². The van der Waals surface area contributed by atoms with E-state index in [-0.39, 0.29) is 45.7 Å². The molecule has 0 unspecified atom stereocenters. The van der Waals surface area contributed by atoms with Gasteiger partial charge in [-0.05, 0) is 77.8 Å². The molecule has 0 fully saturated rings. The molecule has 2 heteroatoms. The van der Waals surface area contributed by atoms with Crippen molar-refractivity contribution in [2.75, 3.05) is 0 Å². The third kappa shape index (κ3) is 4.25. The first-order chi connectivity index (χ1) is 29.1. The molecule has 2 nitrogen and oxygen atoms in total. The van der Waals surface area contributed by atoms with Crippen molar-refractivity contribution in [3.63, 3.8) is 0 Å². The summed E-state index contributed by atoms with van der Waals surface area (Å²) in [4.78, 5) is 0. The van der Waals surface area contributed by atoms with Crippen LogP contribution in [0, 0.1) is 0 Å². The summed E-state index contributed by atoms with van der Waals surface area (Å²) in [5.74, 6) is 0. The quantitative estimate of drug-likeness (QED) is 0.174. The average molecular weight is 671 g/mol. The van der Waals surface area contributed by atoms with E-state index in [1.807, 2.05) is 72.8 Å². The Hall–Kier alpha value is -6.90. The van der Waals surface area contributed by atoms with Gasteiger partial charge in [-0.2, -0.15) is 0 Å². The van der Waals surface area contributed by atoms with Crippen LogP contribution < -0.4 is 0 Å². The van der Waals surface area contributed by atoms with Crippen molar-refractivity contribution in [3.05, 3.63) is 182 Å². The van der Waals surface area contributed by atoms with E-state index in [1.54, 1.807) is 30.5 Å². The standard InChI is InChI=1S/C50H30O2/c1-2-14-33(15-3-1)46-37-18-6-8-20-39(37)47(40-21-9-7-19-38(40)46)34-27-25-32(26-28-34)42-29-45-48(41-22-10-11-24-44(41)52-45)49-43(30-51-50(42)49)36-23-12-16-31-13-4-5-17-35(31)36/h1-30H/i6D,7D,8D,9D,18D,19D,20D,21D. The first kappa shape index (κ1) is 22.0. The molecule has 2 aromatic heterocycles. The van der Waals surface area contributed by atoms with E-state index >= 15 is 0 Å². The fraction of sp³-hybridized carbons (Fsp3) is 0. The molecule has 0 spiro atoms. The molecule has 11 aromatic rings. The van der Waals surface area contributed by atoms with Gasteiger partial charge in [0, 0.05) is 27.3 Å². The summed E-state index contributed by atoms with van der Waals surface area (Å²) in [6.45, 7) is 0. The highest BCUT2D eigenvalue weighted by Crippen LogP contribution is 2.47. The maximum Gasteiger partial charge on any atom is 0.143 e. The zero-order valence-electron chi connectivity index (χ0n) is 35.5. The van der Waals surface area contributed by atoms with Gasteiger partial charge < -0.3 is 8.83 Å². The molecule has 9 aromatic carbocycles. The van der Waals surface area contributed by atoms with E-state index in [0.717, 1.165) is 54.8 Å². The van der Waals surface area contributed by atoms with Crippen molar-refractivity contribution in [1.82, 2.24) is 0 Å². The Labute approximate surface area is 311 Å². The highest BCUT2D eigenvalue weighted by atomic mass is 16.3. The molecule has 0 aliphatic heterocycles. The van der Waals surface area contributed by atoms with Crippen LogP contribution in [0.3, 0.4) is 0 Å². The van der Waals surface area contributed by atoms with Gasteiger partial charge in [0.05, 0.1) is 17.2 Å². The van der Waals surface area contributed by atoms with Crippen molar-refractivity contribution in [3.8, 4) is 44.5 Å². The summed E-state index contributed by atoms with van der Waals surface area (Å²) in [5, 5.41) is 5.71. The zero-order valence-corrected chi connectivity index (χ0v) is 27.5. The molecule has 11 rings (SSSR count). The Balaban J connectivity index is 1.21. The molecule has 0 amide bonds. The van der Waals surface area contributed by atoms with Crippen molar-refractivity contribution in [2.24, 2.45) is 0 Å². The van der Waals surface area contributed by atoms with Crippen LogP contribution in [0.25, 0.3) is 110 Å². The van der Waals surface area contributed by atoms with Gasteiger partial charge in [-0.1, -0.05) is 164 Å². The van der Waals surface area contributed by atoms with E-state index in [1.165, 1.54) is 0 Å². The van der Waals surface area contributed by atoms with Gasteiger partial charge in [0.15, 0.2) is 0 Å². The van der Waals surface area contributed by atoms with E-state index in [9.17, 15) is 5.48 Å². The highest BCUT2D eigenvalue weighted by Gasteiger charge is 2.23. The van der Waals surface area contributed by atoms with Crippen LogP contribution in [-0.2, 0) is 0 Å². The van der Waals surface area contributed by atoms with Crippen LogP contribution in [0.15, 0.2) is 191 Å². The molecule has 2 heterocycles. The average Bonchev–Trinajstić information content (AvgIpc) is 3.89. The molecular weight excluding hydrogens is 633 g/mol. The number of fused-ring (bicyclic) bond motifs is 8. The summed E-state index contributed by atoms with van der Waals surface area (Å²) in [6, 6.07) is 37.9. The Bertz CT molecular complexity index is 3540. The molecule has 0 N–H and O–H groups in total. The lowest BCUT2D eigenvalue weighted by Crippen LogP contribution is -1.90. The maximum atomic E-state index is 9.28. The Morgan fingerprint density at radius 1 is 0.404 bits per heavy atom. The molecule has 0 bridgehead atoms. The minimum atomic E-state index is -0.439. The summed E-state index contributed by atoms with van der Waals surface area (Å²) >= 11 is 0. The van der Waals surface area contributed by atoms with Gasteiger partial charge in [-0.3, -0.25) is 0 Å². The minimum absolute atomic E-state index is 0.169. The first-order valence-corrected chi connectivity index (χ1v) is 17.1. The van der Waals surface area contributed by atoms with Crippen LogP contribution >= 0.6 is 0 Å². The molecule has 0 radical (unpaired) electrons. The Kier molecular flexibility index (Phi) is 4.79. The van der Waals surface area contributed by atoms with Gasteiger partial charge >= 0.3 is 0 Å². The van der Waals surface area contributed by atoms with Gasteiger partial charge in [0.25, 0.3) is 0 Å². The minimum Gasteiger partial charge on any atom is -0.463 e. The second kappa shape index (κ2) is 11.3. The van der Waals surface area contributed by atoms with Gasteiger partial charge in [-0.15, -0.1) is 0 Å². The van der Waals surface area contributed by atoms with Crippen LogP contribution in [-0.4, -0.2) is 0 Å². The fourth-order valence-electron chi connectivity index (χ4n) is 7.92.